The van der Waals surface area contributed by atoms with Crippen molar-refractivity contribution in [2.24, 2.45) is 0 Å². The van der Waals surface area contributed by atoms with Crippen LogP contribution in [0.4, 0.5) is 0 Å². The maximum absolute atomic E-state index is 4.93. The van der Waals surface area contributed by atoms with Gasteiger partial charge in [-0.2, -0.15) is 0 Å². The molecule has 0 aliphatic heterocycles. The molecule has 0 radical (unpaired) electrons. The maximum Gasteiger partial charge on any atom is 0.0467 e. The van der Waals surface area contributed by atoms with Crippen LogP contribution in [0.3, 0.4) is 0 Å². The van der Waals surface area contributed by atoms with Crippen LogP contribution in [-0.2, 0) is 12.8 Å². The average Bonchev–Trinajstić information content (AvgIpc) is 2.27. The zero-order valence-corrected chi connectivity index (χ0v) is 11.0. The Labute approximate surface area is 107 Å². The Hall–Kier alpha value is -0.850. The number of aromatic nitrogens is 1. The van der Waals surface area contributed by atoms with Gasteiger partial charge >= 0.3 is 0 Å². The summed E-state index contributed by atoms with van der Waals surface area (Å²) in [5.41, 5.74) is 5.69. The van der Waals surface area contributed by atoms with Gasteiger partial charge in [0, 0.05) is 11.4 Å². The Morgan fingerprint density at radius 1 is 1.00 bits per heavy atom. The molecule has 1 aliphatic rings. The van der Waals surface area contributed by atoms with E-state index < -0.39 is 0 Å². The smallest absolute Gasteiger partial charge is 0.0467 e. The van der Waals surface area contributed by atoms with Gasteiger partial charge in [0.25, 0.3) is 0 Å². The minimum Gasteiger partial charge on any atom is -0.257 e. The molecule has 1 aromatic heterocycles. The topological polar surface area (TPSA) is 12.9 Å². The van der Waals surface area contributed by atoms with Gasteiger partial charge in [-0.1, -0.05) is 41.2 Å². The zero-order valence-electron chi connectivity index (χ0n) is 11.0. The van der Waals surface area contributed by atoms with Crippen molar-refractivity contribution in [3.63, 3.8) is 0 Å². The van der Waals surface area contributed by atoms with Gasteiger partial charge in [0.05, 0.1) is 0 Å². The average molecular weight is 233 g/mol. The summed E-state index contributed by atoms with van der Waals surface area (Å²) in [6.07, 6.45) is 5.08. The summed E-state index contributed by atoms with van der Waals surface area (Å²) in [6, 6.07) is 2.43. The van der Waals surface area contributed by atoms with Gasteiger partial charge in [0.1, 0.15) is 0 Å². The van der Waals surface area contributed by atoms with Crippen molar-refractivity contribution in [1.82, 2.24) is 4.98 Å². The van der Waals surface area contributed by atoms with Gasteiger partial charge in [0.15, 0.2) is 0 Å². The molecule has 0 fully saturated rings. The predicted molar refractivity (Wildman–Crippen MR) is 75.8 cm³/mol. The molecule has 0 N–H and O–H groups in total. The Kier molecular flexibility index (Phi) is 4.73. The van der Waals surface area contributed by atoms with Crippen molar-refractivity contribution < 1.29 is 0 Å². The number of nitrogens with zero attached hydrogens (tertiary/aromatic N) is 1. The fourth-order valence-corrected chi connectivity index (χ4v) is 2.59. The summed E-state index contributed by atoms with van der Waals surface area (Å²) < 4.78 is 0. The first kappa shape index (κ1) is 14.2. The van der Waals surface area contributed by atoms with Crippen molar-refractivity contribution in [3.05, 3.63) is 28.6 Å². The molecule has 0 unspecified atom stereocenters. The summed E-state index contributed by atoms with van der Waals surface area (Å²) in [6.45, 7) is 9.06. The second kappa shape index (κ2) is 5.66. The second-order valence-corrected chi connectivity index (χ2v) is 5.59. The molecule has 0 saturated heterocycles. The van der Waals surface area contributed by atoms with Crippen LogP contribution >= 0.6 is 0 Å². The van der Waals surface area contributed by atoms with Crippen LogP contribution in [0.1, 0.15) is 82.3 Å². The van der Waals surface area contributed by atoms with Crippen molar-refractivity contribution >= 4 is 0 Å². The molecule has 1 heterocycles. The molecular weight excluding hydrogens is 206 g/mol. The SMILES string of the molecule is C.CC(C)c1cc2c(nc1C(C)C)CCCC2. The van der Waals surface area contributed by atoms with Crippen molar-refractivity contribution in [2.75, 3.05) is 0 Å². The second-order valence-electron chi connectivity index (χ2n) is 5.59. The van der Waals surface area contributed by atoms with Gasteiger partial charge in [-0.15, -0.1) is 0 Å². The first-order chi connectivity index (χ1) is 7.59. The molecule has 1 nitrogen and oxygen atoms in total. The zero-order chi connectivity index (χ0) is 11.7. The summed E-state index contributed by atoms with van der Waals surface area (Å²) in [5, 5.41) is 0. The van der Waals surface area contributed by atoms with Gasteiger partial charge in [-0.3, -0.25) is 4.98 Å². The lowest BCUT2D eigenvalue weighted by Crippen LogP contribution is -2.11. The largest absolute Gasteiger partial charge is 0.257 e. The number of rotatable bonds is 2. The van der Waals surface area contributed by atoms with E-state index in [0.29, 0.717) is 11.8 Å². The highest BCUT2D eigenvalue weighted by atomic mass is 14.7. The predicted octanol–water partition coefficient (Wildman–Crippen LogP) is 4.84. The van der Waals surface area contributed by atoms with Gasteiger partial charge in [-0.05, 0) is 48.6 Å². The summed E-state index contributed by atoms with van der Waals surface area (Å²) in [5.74, 6) is 1.14. The van der Waals surface area contributed by atoms with Gasteiger partial charge in [0.2, 0.25) is 0 Å². The number of hydrogen-bond acceptors (Lipinski definition) is 1. The molecular formula is C16H27N. The van der Waals surface area contributed by atoms with E-state index in [2.05, 4.69) is 33.8 Å². The van der Waals surface area contributed by atoms with E-state index in [0.717, 1.165) is 0 Å². The van der Waals surface area contributed by atoms with Crippen molar-refractivity contribution in [2.45, 2.75) is 72.6 Å². The lowest BCUT2D eigenvalue weighted by atomic mass is 9.88. The van der Waals surface area contributed by atoms with Crippen LogP contribution in [0.2, 0.25) is 0 Å². The molecule has 17 heavy (non-hydrogen) atoms. The Balaban J connectivity index is 0.00000144. The van der Waals surface area contributed by atoms with Crippen LogP contribution < -0.4 is 0 Å². The van der Waals surface area contributed by atoms with Gasteiger partial charge in [-0.25, -0.2) is 0 Å². The maximum atomic E-state index is 4.93. The van der Waals surface area contributed by atoms with E-state index in [1.165, 1.54) is 48.2 Å². The normalized spacial score (nSPS) is 14.7. The van der Waals surface area contributed by atoms with Crippen LogP contribution in [0.5, 0.6) is 0 Å². The quantitative estimate of drug-likeness (QED) is 0.712. The lowest BCUT2D eigenvalue weighted by molar-refractivity contribution is 0.647. The standard InChI is InChI=1S/C15H23N.CH4/c1-10(2)13-9-12-7-5-6-8-14(12)16-15(13)11(3)4;/h9-11H,5-8H2,1-4H3;1H4. The summed E-state index contributed by atoms with van der Waals surface area (Å²) >= 11 is 0. The highest BCUT2D eigenvalue weighted by Crippen LogP contribution is 2.29. The molecule has 0 atom stereocenters. The van der Waals surface area contributed by atoms with E-state index >= 15 is 0 Å². The van der Waals surface area contributed by atoms with E-state index in [1.54, 1.807) is 0 Å². The van der Waals surface area contributed by atoms with Crippen LogP contribution in [0.25, 0.3) is 0 Å². The molecule has 0 bridgehead atoms. The highest BCUT2D eigenvalue weighted by Gasteiger charge is 2.18. The third kappa shape index (κ3) is 2.88. The Bertz CT molecular complexity index is 340. The molecule has 1 aromatic rings. The molecule has 0 spiro atoms. The number of hydrogen-bond donors (Lipinski definition) is 0. The van der Waals surface area contributed by atoms with Crippen molar-refractivity contribution in [3.8, 4) is 0 Å². The molecule has 2 rings (SSSR count). The fraction of sp³-hybridized carbons (Fsp3) is 0.688. The van der Waals surface area contributed by atoms with Crippen molar-refractivity contribution in [1.29, 1.82) is 0 Å². The third-order valence-corrected chi connectivity index (χ3v) is 3.53. The minimum absolute atomic E-state index is 0. The number of aryl methyl sites for hydroxylation is 2. The molecule has 0 aromatic carbocycles. The summed E-state index contributed by atoms with van der Waals surface area (Å²) in [4.78, 5) is 4.93. The fourth-order valence-electron chi connectivity index (χ4n) is 2.59. The van der Waals surface area contributed by atoms with E-state index in [4.69, 9.17) is 4.98 Å². The Morgan fingerprint density at radius 2 is 1.65 bits per heavy atom. The van der Waals surface area contributed by atoms with Crippen LogP contribution in [0, 0.1) is 0 Å². The van der Waals surface area contributed by atoms with Crippen LogP contribution in [0.15, 0.2) is 6.07 Å². The molecule has 1 aliphatic carbocycles. The van der Waals surface area contributed by atoms with E-state index in [1.807, 2.05) is 0 Å². The molecule has 0 amide bonds. The molecule has 1 heteroatoms. The summed E-state index contributed by atoms with van der Waals surface area (Å²) in [7, 11) is 0. The lowest BCUT2D eigenvalue weighted by Gasteiger charge is -2.22. The number of pyridine rings is 1. The Morgan fingerprint density at radius 3 is 2.24 bits per heavy atom. The van der Waals surface area contributed by atoms with E-state index in [-0.39, 0.29) is 7.43 Å². The first-order valence-electron chi connectivity index (χ1n) is 6.62. The first-order valence-corrected chi connectivity index (χ1v) is 6.62. The third-order valence-electron chi connectivity index (χ3n) is 3.53. The highest BCUT2D eigenvalue weighted by molar-refractivity contribution is 5.35. The minimum atomic E-state index is 0. The van der Waals surface area contributed by atoms with Gasteiger partial charge < -0.3 is 0 Å². The van der Waals surface area contributed by atoms with Crippen LogP contribution in [-0.4, -0.2) is 4.98 Å². The molecule has 0 saturated carbocycles. The molecule has 96 valence electrons. The monoisotopic (exact) mass is 233 g/mol. The van der Waals surface area contributed by atoms with E-state index in [9.17, 15) is 0 Å². The number of fused-ring (bicyclic) bond motifs is 1.